The van der Waals surface area contributed by atoms with E-state index in [9.17, 15) is 4.79 Å². The number of anilines is 1. The van der Waals surface area contributed by atoms with Gasteiger partial charge in [0.2, 0.25) is 0 Å². The van der Waals surface area contributed by atoms with Gasteiger partial charge in [-0.25, -0.2) is 4.79 Å². The summed E-state index contributed by atoms with van der Waals surface area (Å²) in [6.45, 7) is 2.37. The van der Waals surface area contributed by atoms with Crippen LogP contribution in [-0.2, 0) is 0 Å². The van der Waals surface area contributed by atoms with Crippen LogP contribution in [0.3, 0.4) is 0 Å². The second-order valence-corrected chi connectivity index (χ2v) is 3.80. The van der Waals surface area contributed by atoms with Crippen LogP contribution in [0, 0.1) is 6.92 Å². The Bertz CT molecular complexity index is 349. The summed E-state index contributed by atoms with van der Waals surface area (Å²) in [4.78, 5) is 11.4. The zero-order valence-electron chi connectivity index (χ0n) is 9.09. The van der Waals surface area contributed by atoms with Gasteiger partial charge in [-0.15, -0.1) is 0 Å². The van der Waals surface area contributed by atoms with Crippen molar-refractivity contribution in [3.05, 3.63) is 28.8 Å². The Hall–Kier alpha value is -1.26. The van der Waals surface area contributed by atoms with E-state index in [1.54, 1.807) is 6.07 Å². The fourth-order valence-corrected chi connectivity index (χ4v) is 1.50. The smallest absolute Gasteiger partial charge is 0.319 e. The highest BCUT2D eigenvalue weighted by Gasteiger charge is 2.06. The van der Waals surface area contributed by atoms with Gasteiger partial charge in [0, 0.05) is 13.2 Å². The minimum atomic E-state index is -0.315. The number of hydrogen-bond donors (Lipinski definition) is 3. The van der Waals surface area contributed by atoms with Gasteiger partial charge >= 0.3 is 6.03 Å². The van der Waals surface area contributed by atoms with Crippen molar-refractivity contribution in [2.45, 2.75) is 13.3 Å². The van der Waals surface area contributed by atoms with E-state index < -0.39 is 0 Å². The van der Waals surface area contributed by atoms with E-state index in [-0.39, 0.29) is 12.6 Å². The molecule has 88 valence electrons. The van der Waals surface area contributed by atoms with Gasteiger partial charge in [0.1, 0.15) is 0 Å². The van der Waals surface area contributed by atoms with Crippen molar-refractivity contribution in [1.29, 1.82) is 0 Å². The van der Waals surface area contributed by atoms with Gasteiger partial charge in [0.05, 0.1) is 10.7 Å². The summed E-state index contributed by atoms with van der Waals surface area (Å²) >= 11 is 5.95. The second-order valence-electron chi connectivity index (χ2n) is 3.39. The quantitative estimate of drug-likeness (QED) is 0.709. The van der Waals surface area contributed by atoms with E-state index in [1.807, 2.05) is 19.1 Å². The zero-order valence-corrected chi connectivity index (χ0v) is 9.84. The molecule has 0 aliphatic carbocycles. The molecule has 1 rings (SSSR count). The van der Waals surface area contributed by atoms with Crippen LogP contribution in [0.5, 0.6) is 0 Å². The highest BCUT2D eigenvalue weighted by molar-refractivity contribution is 6.33. The van der Waals surface area contributed by atoms with E-state index in [1.165, 1.54) is 0 Å². The predicted octanol–water partition coefficient (Wildman–Crippen LogP) is 2.15. The third-order valence-electron chi connectivity index (χ3n) is 2.08. The zero-order chi connectivity index (χ0) is 12.0. The number of rotatable bonds is 4. The molecule has 2 amide bonds. The molecule has 0 spiro atoms. The van der Waals surface area contributed by atoms with Crippen molar-refractivity contribution in [3.8, 4) is 0 Å². The molecule has 0 saturated carbocycles. The highest BCUT2D eigenvalue weighted by atomic mass is 35.5. The average Bonchev–Trinajstić information content (AvgIpc) is 2.24. The molecule has 4 nitrogen and oxygen atoms in total. The molecule has 0 aliphatic rings. The van der Waals surface area contributed by atoms with E-state index in [0.29, 0.717) is 23.7 Å². The molecule has 0 aliphatic heterocycles. The third kappa shape index (κ3) is 3.72. The highest BCUT2D eigenvalue weighted by Crippen LogP contribution is 2.24. The minimum absolute atomic E-state index is 0.0609. The summed E-state index contributed by atoms with van der Waals surface area (Å²) in [6, 6.07) is 5.10. The number of nitrogens with one attached hydrogen (secondary N) is 2. The van der Waals surface area contributed by atoms with Crippen molar-refractivity contribution in [3.63, 3.8) is 0 Å². The summed E-state index contributed by atoms with van der Waals surface area (Å²) in [6.07, 6.45) is 0.537. The molecule has 5 heteroatoms. The van der Waals surface area contributed by atoms with Gasteiger partial charge < -0.3 is 15.7 Å². The van der Waals surface area contributed by atoms with Crippen molar-refractivity contribution in [2.75, 3.05) is 18.5 Å². The number of aryl methyl sites for hydroxylation is 1. The number of hydrogen-bond acceptors (Lipinski definition) is 2. The third-order valence-corrected chi connectivity index (χ3v) is 2.40. The topological polar surface area (TPSA) is 61.4 Å². The average molecular weight is 243 g/mol. The standard InChI is InChI=1S/C11H15ClN2O2/c1-8-4-2-5-9(12)10(8)14-11(16)13-6-3-7-15/h2,4-5,15H,3,6-7H2,1H3,(H2,13,14,16). The van der Waals surface area contributed by atoms with Crippen LogP contribution in [-0.4, -0.2) is 24.3 Å². The molecule has 0 radical (unpaired) electrons. The maximum atomic E-state index is 11.4. The minimum Gasteiger partial charge on any atom is -0.396 e. The van der Waals surface area contributed by atoms with Gasteiger partial charge in [-0.3, -0.25) is 0 Å². The van der Waals surface area contributed by atoms with Gasteiger partial charge in [-0.2, -0.15) is 0 Å². The van der Waals surface area contributed by atoms with Crippen LogP contribution in [0.2, 0.25) is 5.02 Å². The molecular weight excluding hydrogens is 228 g/mol. The summed E-state index contributed by atoms with van der Waals surface area (Å²) in [5.41, 5.74) is 1.52. The SMILES string of the molecule is Cc1cccc(Cl)c1NC(=O)NCCCO. The molecule has 0 aromatic heterocycles. The molecule has 1 aromatic rings. The first kappa shape index (κ1) is 12.8. The van der Waals surface area contributed by atoms with Crippen molar-refractivity contribution in [1.82, 2.24) is 5.32 Å². The maximum Gasteiger partial charge on any atom is 0.319 e. The first-order valence-corrected chi connectivity index (χ1v) is 5.43. The van der Waals surface area contributed by atoms with Crippen molar-refractivity contribution in [2.24, 2.45) is 0 Å². The summed E-state index contributed by atoms with van der Waals surface area (Å²) in [7, 11) is 0. The number of benzene rings is 1. The van der Waals surface area contributed by atoms with Crippen LogP contribution in [0.4, 0.5) is 10.5 Å². The van der Waals surface area contributed by atoms with E-state index >= 15 is 0 Å². The fraction of sp³-hybridized carbons (Fsp3) is 0.364. The number of carbonyl (C=O) groups excluding carboxylic acids is 1. The van der Waals surface area contributed by atoms with Gasteiger partial charge in [-0.05, 0) is 25.0 Å². The summed E-state index contributed by atoms with van der Waals surface area (Å²) in [5, 5.41) is 14.4. The van der Waals surface area contributed by atoms with Crippen LogP contribution in [0.15, 0.2) is 18.2 Å². The summed E-state index contributed by atoms with van der Waals surface area (Å²) in [5.74, 6) is 0. The van der Waals surface area contributed by atoms with Crippen molar-refractivity contribution < 1.29 is 9.90 Å². The second kappa shape index (κ2) is 6.35. The van der Waals surface area contributed by atoms with Crippen LogP contribution < -0.4 is 10.6 Å². The molecule has 3 N–H and O–H groups in total. The number of urea groups is 1. The number of aliphatic hydroxyl groups is 1. The fourth-order valence-electron chi connectivity index (χ4n) is 1.23. The lowest BCUT2D eigenvalue weighted by Gasteiger charge is -2.10. The molecule has 0 fully saturated rings. The van der Waals surface area contributed by atoms with E-state index in [2.05, 4.69) is 10.6 Å². The largest absolute Gasteiger partial charge is 0.396 e. The van der Waals surface area contributed by atoms with Gasteiger partial charge in [0.25, 0.3) is 0 Å². The van der Waals surface area contributed by atoms with Crippen LogP contribution in [0.25, 0.3) is 0 Å². The van der Waals surface area contributed by atoms with E-state index in [4.69, 9.17) is 16.7 Å². The first-order valence-electron chi connectivity index (χ1n) is 5.06. The van der Waals surface area contributed by atoms with Gasteiger partial charge in [0.15, 0.2) is 0 Å². The molecule has 0 atom stereocenters. The Morgan fingerprint density at radius 1 is 1.50 bits per heavy atom. The Morgan fingerprint density at radius 3 is 2.88 bits per heavy atom. The van der Waals surface area contributed by atoms with Crippen molar-refractivity contribution >= 4 is 23.3 Å². The molecular formula is C11H15ClN2O2. The lowest BCUT2D eigenvalue weighted by molar-refractivity contribution is 0.249. The van der Waals surface area contributed by atoms with Crippen LogP contribution in [0.1, 0.15) is 12.0 Å². The molecule has 0 unspecified atom stereocenters. The van der Waals surface area contributed by atoms with Gasteiger partial charge in [-0.1, -0.05) is 23.7 Å². The van der Waals surface area contributed by atoms with E-state index in [0.717, 1.165) is 5.56 Å². The maximum absolute atomic E-state index is 11.4. The molecule has 1 aromatic carbocycles. The first-order chi connectivity index (χ1) is 7.65. The Balaban J connectivity index is 2.56. The molecule has 0 bridgehead atoms. The summed E-state index contributed by atoms with van der Waals surface area (Å²) < 4.78 is 0. The lowest BCUT2D eigenvalue weighted by atomic mass is 10.2. The number of aliphatic hydroxyl groups excluding tert-OH is 1. The number of amides is 2. The Morgan fingerprint density at radius 2 is 2.25 bits per heavy atom. The normalized spacial score (nSPS) is 9.94. The molecule has 0 saturated heterocycles. The molecule has 0 heterocycles. The number of halogens is 1. The lowest BCUT2D eigenvalue weighted by Crippen LogP contribution is -2.30. The van der Waals surface area contributed by atoms with Crippen LogP contribution >= 0.6 is 11.6 Å². The molecule has 16 heavy (non-hydrogen) atoms. The Kier molecular flexibility index (Phi) is 5.08. The number of carbonyl (C=O) groups is 1. The number of para-hydroxylation sites is 1. The monoisotopic (exact) mass is 242 g/mol. The predicted molar refractivity (Wildman–Crippen MR) is 64.9 cm³/mol. The Labute approximate surface area is 99.6 Å².